The Labute approximate surface area is 212 Å². The van der Waals surface area contributed by atoms with Crippen LogP contribution in [0.1, 0.15) is 16.6 Å². The van der Waals surface area contributed by atoms with Crippen LogP contribution in [-0.4, -0.2) is 66.2 Å². The molecule has 2 aromatic carbocycles. The number of nitrogens with zero attached hydrogens (tertiary/aromatic N) is 2. The lowest BCUT2D eigenvalue weighted by Crippen LogP contribution is -2.31. The molecule has 9 nitrogen and oxygen atoms in total. The summed E-state index contributed by atoms with van der Waals surface area (Å²) in [5, 5.41) is 12.9. The first kappa shape index (κ1) is 25.1. The molecular formula is C26H25N3O6S. The summed E-state index contributed by atoms with van der Waals surface area (Å²) >= 11 is 1.22. The van der Waals surface area contributed by atoms with E-state index in [-0.39, 0.29) is 37.6 Å². The van der Waals surface area contributed by atoms with E-state index in [4.69, 9.17) is 14.5 Å². The van der Waals surface area contributed by atoms with E-state index in [1.54, 1.807) is 25.1 Å². The van der Waals surface area contributed by atoms with Crippen LogP contribution in [0.2, 0.25) is 0 Å². The summed E-state index contributed by atoms with van der Waals surface area (Å²) in [4.78, 5) is 44.3. The van der Waals surface area contributed by atoms with Gasteiger partial charge in [0.1, 0.15) is 15.6 Å². The van der Waals surface area contributed by atoms with Gasteiger partial charge in [-0.2, -0.15) is 0 Å². The van der Waals surface area contributed by atoms with Gasteiger partial charge in [0.25, 0.3) is 5.91 Å². The van der Waals surface area contributed by atoms with E-state index in [1.165, 1.54) is 23.3 Å². The van der Waals surface area contributed by atoms with Gasteiger partial charge in [0.05, 0.1) is 38.1 Å². The number of hydrogen-bond acceptors (Lipinski definition) is 9. The Morgan fingerprint density at radius 1 is 1.11 bits per heavy atom. The van der Waals surface area contributed by atoms with Gasteiger partial charge in [-0.3, -0.25) is 4.79 Å². The third-order valence-electron chi connectivity index (χ3n) is 5.47. The van der Waals surface area contributed by atoms with E-state index in [0.717, 1.165) is 11.1 Å². The molecule has 0 saturated heterocycles. The fourth-order valence-corrected chi connectivity index (χ4v) is 4.77. The SMILES string of the molecule is CCOC(=O)c1sc(-c2cccc(NC3=C(C(=O)OC)CN(CCO)C3=O)c2)nc1-c1ccccc1. The van der Waals surface area contributed by atoms with Crippen LogP contribution in [0.4, 0.5) is 5.69 Å². The van der Waals surface area contributed by atoms with Crippen LogP contribution >= 0.6 is 11.3 Å². The lowest BCUT2D eigenvalue weighted by molar-refractivity contribution is -0.136. The van der Waals surface area contributed by atoms with Crippen molar-refractivity contribution in [2.75, 3.05) is 38.7 Å². The van der Waals surface area contributed by atoms with Gasteiger partial charge < -0.3 is 24.8 Å². The monoisotopic (exact) mass is 507 g/mol. The molecule has 0 atom stereocenters. The van der Waals surface area contributed by atoms with Crippen molar-refractivity contribution in [2.24, 2.45) is 0 Å². The van der Waals surface area contributed by atoms with Crippen molar-refractivity contribution in [1.29, 1.82) is 0 Å². The fraction of sp³-hybridized carbons (Fsp3) is 0.231. The van der Waals surface area contributed by atoms with E-state index in [2.05, 4.69) is 5.32 Å². The van der Waals surface area contributed by atoms with E-state index < -0.39 is 17.8 Å². The largest absolute Gasteiger partial charge is 0.466 e. The zero-order chi connectivity index (χ0) is 25.7. The minimum absolute atomic E-state index is 0.0455. The Hall–Kier alpha value is -4.02. The Morgan fingerprint density at radius 2 is 1.86 bits per heavy atom. The summed E-state index contributed by atoms with van der Waals surface area (Å²) < 4.78 is 10.1. The molecule has 0 bridgehead atoms. The molecule has 2 heterocycles. The van der Waals surface area contributed by atoms with Crippen molar-refractivity contribution in [3.8, 4) is 21.8 Å². The van der Waals surface area contributed by atoms with Crippen LogP contribution in [0.15, 0.2) is 65.9 Å². The Balaban J connectivity index is 1.69. The first-order chi connectivity index (χ1) is 17.5. The lowest BCUT2D eigenvalue weighted by Gasteiger charge is -2.15. The summed E-state index contributed by atoms with van der Waals surface area (Å²) in [6.45, 7) is 1.92. The topological polar surface area (TPSA) is 118 Å². The van der Waals surface area contributed by atoms with Gasteiger partial charge >= 0.3 is 11.9 Å². The van der Waals surface area contributed by atoms with Gasteiger partial charge in [-0.25, -0.2) is 14.6 Å². The second-order valence-electron chi connectivity index (χ2n) is 7.78. The van der Waals surface area contributed by atoms with Gasteiger partial charge in [-0.1, -0.05) is 42.5 Å². The molecule has 0 unspecified atom stereocenters. The van der Waals surface area contributed by atoms with Crippen LogP contribution in [0.25, 0.3) is 21.8 Å². The number of carbonyl (C=O) groups is 3. The number of esters is 2. The maximum atomic E-state index is 12.9. The normalized spacial score (nSPS) is 13.2. The van der Waals surface area contributed by atoms with Crippen molar-refractivity contribution in [3.63, 3.8) is 0 Å². The zero-order valence-electron chi connectivity index (χ0n) is 19.8. The molecule has 1 amide bonds. The zero-order valence-corrected chi connectivity index (χ0v) is 20.6. The second-order valence-corrected chi connectivity index (χ2v) is 8.78. The number of hydrogen-bond donors (Lipinski definition) is 2. The van der Waals surface area contributed by atoms with Crippen molar-refractivity contribution >= 4 is 34.9 Å². The summed E-state index contributed by atoms with van der Waals surface area (Å²) in [5.74, 6) is -1.46. The predicted octanol–water partition coefficient (Wildman–Crippen LogP) is 3.33. The predicted molar refractivity (Wildman–Crippen MR) is 135 cm³/mol. The van der Waals surface area contributed by atoms with Crippen LogP contribution < -0.4 is 5.32 Å². The highest BCUT2D eigenvalue weighted by molar-refractivity contribution is 7.17. The van der Waals surface area contributed by atoms with Crippen molar-refractivity contribution < 1.29 is 29.0 Å². The highest BCUT2D eigenvalue weighted by Gasteiger charge is 2.34. The fourth-order valence-electron chi connectivity index (χ4n) is 3.79. The number of anilines is 1. The smallest absolute Gasteiger partial charge is 0.350 e. The van der Waals surface area contributed by atoms with Crippen molar-refractivity contribution in [2.45, 2.75) is 6.92 Å². The highest BCUT2D eigenvalue weighted by Crippen LogP contribution is 2.35. The molecule has 0 aliphatic carbocycles. The van der Waals surface area contributed by atoms with E-state index >= 15 is 0 Å². The summed E-state index contributed by atoms with van der Waals surface area (Å²) in [5.41, 5.74) is 2.89. The van der Waals surface area contributed by atoms with Crippen molar-refractivity contribution in [3.05, 3.63) is 70.7 Å². The van der Waals surface area contributed by atoms with Gasteiger partial charge in [0, 0.05) is 23.4 Å². The lowest BCUT2D eigenvalue weighted by atomic mass is 10.1. The first-order valence-corrected chi connectivity index (χ1v) is 12.1. The number of amides is 1. The maximum absolute atomic E-state index is 12.9. The number of aromatic nitrogens is 1. The molecule has 0 spiro atoms. The number of aliphatic hydroxyl groups excluding tert-OH is 1. The maximum Gasteiger partial charge on any atom is 0.350 e. The molecule has 0 fully saturated rings. The summed E-state index contributed by atoms with van der Waals surface area (Å²) in [6, 6.07) is 16.6. The molecule has 186 valence electrons. The van der Waals surface area contributed by atoms with Crippen LogP contribution in [0.3, 0.4) is 0 Å². The molecule has 0 saturated carbocycles. The molecule has 0 radical (unpaired) electrons. The van der Waals surface area contributed by atoms with Crippen LogP contribution in [0.5, 0.6) is 0 Å². The van der Waals surface area contributed by atoms with Gasteiger partial charge in [0.15, 0.2) is 0 Å². The third kappa shape index (κ3) is 5.14. The van der Waals surface area contributed by atoms with Crippen LogP contribution in [0, 0.1) is 0 Å². The Morgan fingerprint density at radius 3 is 2.56 bits per heavy atom. The molecule has 4 rings (SSSR count). The molecule has 2 N–H and O–H groups in total. The first-order valence-electron chi connectivity index (χ1n) is 11.3. The number of thiazole rings is 1. The minimum atomic E-state index is -0.617. The number of aliphatic hydroxyl groups is 1. The number of ether oxygens (including phenoxy) is 2. The highest BCUT2D eigenvalue weighted by atomic mass is 32.1. The molecule has 36 heavy (non-hydrogen) atoms. The van der Waals surface area contributed by atoms with E-state index in [0.29, 0.717) is 21.3 Å². The molecule has 10 heteroatoms. The van der Waals surface area contributed by atoms with Gasteiger partial charge in [-0.15, -0.1) is 11.3 Å². The average Bonchev–Trinajstić information content (AvgIpc) is 3.48. The number of nitrogens with one attached hydrogen (secondary N) is 1. The van der Waals surface area contributed by atoms with Crippen molar-refractivity contribution in [1.82, 2.24) is 9.88 Å². The number of benzene rings is 2. The Kier molecular flexibility index (Phi) is 7.77. The van der Waals surface area contributed by atoms with Crippen LogP contribution in [-0.2, 0) is 19.1 Å². The molecule has 1 aliphatic heterocycles. The van der Waals surface area contributed by atoms with E-state index in [1.807, 2.05) is 36.4 Å². The second kappa shape index (κ2) is 11.1. The molecular weight excluding hydrogens is 482 g/mol. The third-order valence-corrected chi connectivity index (χ3v) is 6.55. The molecule has 1 aliphatic rings. The Bertz CT molecular complexity index is 1320. The number of methoxy groups -OCH3 is 1. The van der Waals surface area contributed by atoms with Gasteiger partial charge in [-0.05, 0) is 19.1 Å². The number of carbonyl (C=O) groups excluding carboxylic acids is 3. The summed E-state index contributed by atoms with van der Waals surface area (Å²) in [6.07, 6.45) is 0. The minimum Gasteiger partial charge on any atom is -0.466 e. The van der Waals surface area contributed by atoms with Gasteiger partial charge in [0.2, 0.25) is 0 Å². The standard InChI is InChI=1S/C26H25N3O6S/c1-3-35-26(33)22-20(16-8-5-4-6-9-16)28-23(36-22)17-10-7-11-18(14-17)27-21-19(25(32)34-2)15-29(12-13-30)24(21)31/h4-11,14,27,30H,3,12-13,15H2,1-2H3. The number of rotatable bonds is 9. The number of β-amino-alcohol motifs (C(OH)–C–C–N with tert-alkyl or cyclic N) is 1. The van der Waals surface area contributed by atoms with E-state index in [9.17, 15) is 19.5 Å². The molecule has 3 aromatic rings. The molecule has 1 aromatic heterocycles. The summed E-state index contributed by atoms with van der Waals surface area (Å²) in [7, 11) is 1.25. The average molecular weight is 508 g/mol. The quantitative estimate of drug-likeness (QED) is 0.424.